The molecule has 130 valence electrons. The van der Waals surface area contributed by atoms with Crippen molar-refractivity contribution in [2.75, 3.05) is 38.7 Å². The first kappa shape index (κ1) is 17.9. The fourth-order valence-corrected chi connectivity index (χ4v) is 2.65. The summed E-state index contributed by atoms with van der Waals surface area (Å²) in [6.07, 6.45) is 7.76. The minimum absolute atomic E-state index is 0.771. The lowest BCUT2D eigenvalue weighted by Gasteiger charge is -2.13. The molecular formula is C19H32N2O2. The molecule has 0 aromatic heterocycles. The summed E-state index contributed by atoms with van der Waals surface area (Å²) in [4.78, 5) is 0. The van der Waals surface area contributed by atoms with E-state index >= 15 is 0 Å². The summed E-state index contributed by atoms with van der Waals surface area (Å²) in [5, 5.41) is 6.78. The molecule has 4 nitrogen and oxygen atoms in total. The van der Waals surface area contributed by atoms with Gasteiger partial charge in [0.1, 0.15) is 0 Å². The second-order valence-corrected chi connectivity index (χ2v) is 6.29. The molecular weight excluding hydrogens is 288 g/mol. The van der Waals surface area contributed by atoms with Crippen molar-refractivity contribution in [3.05, 3.63) is 18.2 Å². The van der Waals surface area contributed by atoms with Crippen molar-refractivity contribution in [1.29, 1.82) is 0 Å². The van der Waals surface area contributed by atoms with Crippen LogP contribution >= 0.6 is 0 Å². The molecule has 0 bridgehead atoms. The van der Waals surface area contributed by atoms with Gasteiger partial charge in [0.2, 0.25) is 0 Å². The summed E-state index contributed by atoms with van der Waals surface area (Å²) in [7, 11) is 1.69. The molecule has 1 fully saturated rings. The Morgan fingerprint density at radius 2 is 1.96 bits per heavy atom. The van der Waals surface area contributed by atoms with E-state index in [0.29, 0.717) is 0 Å². The van der Waals surface area contributed by atoms with Crippen LogP contribution in [0.5, 0.6) is 11.5 Å². The molecule has 2 rings (SSSR count). The van der Waals surface area contributed by atoms with E-state index in [1.54, 1.807) is 7.11 Å². The first-order valence-corrected chi connectivity index (χ1v) is 9.09. The number of hydrogen-bond donors (Lipinski definition) is 2. The fourth-order valence-electron chi connectivity index (χ4n) is 2.65. The third-order valence-electron chi connectivity index (χ3n) is 4.23. The van der Waals surface area contributed by atoms with Crippen LogP contribution in [0.1, 0.15) is 45.4 Å². The fraction of sp³-hybridized carbons (Fsp3) is 0.684. The van der Waals surface area contributed by atoms with Crippen LogP contribution in [0.3, 0.4) is 0 Å². The summed E-state index contributed by atoms with van der Waals surface area (Å²) in [5.41, 5.74) is 1.09. The van der Waals surface area contributed by atoms with Crippen LogP contribution in [0.2, 0.25) is 0 Å². The zero-order valence-corrected chi connectivity index (χ0v) is 14.7. The van der Waals surface area contributed by atoms with Gasteiger partial charge >= 0.3 is 0 Å². The average molecular weight is 320 g/mol. The highest BCUT2D eigenvalue weighted by Crippen LogP contribution is 2.34. The Bertz CT molecular complexity index is 447. The molecule has 0 radical (unpaired) electrons. The number of anilines is 1. The van der Waals surface area contributed by atoms with Gasteiger partial charge in [-0.3, -0.25) is 0 Å². The van der Waals surface area contributed by atoms with E-state index in [1.165, 1.54) is 25.7 Å². The minimum Gasteiger partial charge on any atom is -0.493 e. The average Bonchev–Trinajstić information content (AvgIpc) is 3.39. The van der Waals surface area contributed by atoms with Gasteiger partial charge in [-0.2, -0.15) is 0 Å². The number of ether oxygens (including phenoxy) is 2. The Morgan fingerprint density at radius 3 is 2.70 bits per heavy atom. The van der Waals surface area contributed by atoms with Gasteiger partial charge in [0.15, 0.2) is 11.5 Å². The Labute approximate surface area is 140 Å². The molecule has 1 aliphatic rings. The van der Waals surface area contributed by atoms with Crippen LogP contribution in [0.25, 0.3) is 0 Å². The first-order chi connectivity index (χ1) is 11.3. The molecule has 1 saturated carbocycles. The van der Waals surface area contributed by atoms with E-state index in [9.17, 15) is 0 Å². The van der Waals surface area contributed by atoms with Crippen LogP contribution in [0.15, 0.2) is 18.2 Å². The molecule has 0 heterocycles. The van der Waals surface area contributed by atoms with Gasteiger partial charge in [-0.1, -0.05) is 26.2 Å². The lowest BCUT2D eigenvalue weighted by molar-refractivity contribution is 0.284. The third-order valence-corrected chi connectivity index (χ3v) is 4.23. The number of nitrogens with one attached hydrogen (secondary N) is 2. The predicted molar refractivity (Wildman–Crippen MR) is 96.7 cm³/mol. The Morgan fingerprint density at radius 1 is 1.09 bits per heavy atom. The topological polar surface area (TPSA) is 42.5 Å². The Kier molecular flexibility index (Phi) is 8.08. The predicted octanol–water partition coefficient (Wildman–Crippen LogP) is 4.07. The molecule has 2 N–H and O–H groups in total. The molecule has 4 heteroatoms. The van der Waals surface area contributed by atoms with E-state index in [2.05, 4.69) is 17.6 Å². The van der Waals surface area contributed by atoms with E-state index in [-0.39, 0.29) is 0 Å². The normalized spacial score (nSPS) is 13.8. The van der Waals surface area contributed by atoms with Gasteiger partial charge in [-0.25, -0.2) is 0 Å². The van der Waals surface area contributed by atoms with Crippen molar-refractivity contribution in [3.8, 4) is 11.5 Å². The molecule has 23 heavy (non-hydrogen) atoms. The smallest absolute Gasteiger partial charge is 0.163 e. The van der Waals surface area contributed by atoms with Crippen LogP contribution in [0, 0.1) is 5.92 Å². The Hall–Kier alpha value is -1.42. The summed E-state index contributed by atoms with van der Waals surface area (Å²) in [6, 6.07) is 6.07. The number of benzene rings is 1. The number of hydrogen-bond acceptors (Lipinski definition) is 4. The standard InChI is InChI=1S/C19H32N2O2/c1-3-20-12-6-13-21-17-10-11-18(22-2)19(15-17)23-14-5-4-7-16-8-9-16/h10-11,15-16,20-21H,3-9,12-14H2,1-2H3. The highest BCUT2D eigenvalue weighted by Gasteiger charge is 2.19. The van der Waals surface area contributed by atoms with E-state index in [4.69, 9.17) is 9.47 Å². The van der Waals surface area contributed by atoms with E-state index < -0.39 is 0 Å². The lowest BCUT2D eigenvalue weighted by Crippen LogP contribution is -2.17. The summed E-state index contributed by atoms with van der Waals surface area (Å²) < 4.78 is 11.3. The summed E-state index contributed by atoms with van der Waals surface area (Å²) >= 11 is 0. The molecule has 0 atom stereocenters. The molecule has 1 aliphatic carbocycles. The van der Waals surface area contributed by atoms with Gasteiger partial charge < -0.3 is 20.1 Å². The zero-order valence-electron chi connectivity index (χ0n) is 14.7. The highest BCUT2D eigenvalue weighted by atomic mass is 16.5. The lowest BCUT2D eigenvalue weighted by atomic mass is 10.2. The quantitative estimate of drug-likeness (QED) is 0.538. The van der Waals surface area contributed by atoms with Crippen molar-refractivity contribution >= 4 is 5.69 Å². The third kappa shape index (κ3) is 7.12. The first-order valence-electron chi connectivity index (χ1n) is 9.09. The SMILES string of the molecule is CCNCCCNc1ccc(OC)c(OCCCCC2CC2)c1. The van der Waals surface area contributed by atoms with Crippen molar-refractivity contribution in [1.82, 2.24) is 5.32 Å². The molecule has 0 aliphatic heterocycles. The summed E-state index contributed by atoms with van der Waals surface area (Å²) in [6.45, 7) is 5.93. The van der Waals surface area contributed by atoms with Crippen LogP contribution < -0.4 is 20.1 Å². The van der Waals surface area contributed by atoms with E-state index in [1.807, 2.05) is 18.2 Å². The highest BCUT2D eigenvalue weighted by molar-refractivity contribution is 5.54. The maximum Gasteiger partial charge on any atom is 0.163 e. The Balaban J connectivity index is 1.72. The van der Waals surface area contributed by atoms with Gasteiger partial charge in [-0.15, -0.1) is 0 Å². The van der Waals surface area contributed by atoms with Crippen LogP contribution in [-0.4, -0.2) is 33.4 Å². The maximum atomic E-state index is 5.94. The van der Waals surface area contributed by atoms with Gasteiger partial charge in [-0.05, 0) is 50.4 Å². The van der Waals surface area contributed by atoms with Gasteiger partial charge in [0.05, 0.1) is 13.7 Å². The van der Waals surface area contributed by atoms with Gasteiger partial charge in [0.25, 0.3) is 0 Å². The molecule has 0 amide bonds. The summed E-state index contributed by atoms with van der Waals surface area (Å²) in [5.74, 6) is 2.67. The van der Waals surface area contributed by atoms with Gasteiger partial charge in [0, 0.05) is 18.3 Å². The molecule has 0 spiro atoms. The second-order valence-electron chi connectivity index (χ2n) is 6.29. The van der Waals surface area contributed by atoms with E-state index in [0.717, 1.165) is 62.2 Å². The van der Waals surface area contributed by atoms with Crippen molar-refractivity contribution in [2.24, 2.45) is 5.92 Å². The maximum absolute atomic E-state index is 5.94. The monoisotopic (exact) mass is 320 g/mol. The number of methoxy groups -OCH3 is 1. The van der Waals surface area contributed by atoms with Crippen LogP contribution in [-0.2, 0) is 0 Å². The second kappa shape index (κ2) is 10.4. The van der Waals surface area contributed by atoms with Crippen molar-refractivity contribution in [3.63, 3.8) is 0 Å². The largest absolute Gasteiger partial charge is 0.493 e. The van der Waals surface area contributed by atoms with Crippen molar-refractivity contribution < 1.29 is 9.47 Å². The minimum atomic E-state index is 0.771. The number of rotatable bonds is 13. The number of unbranched alkanes of at least 4 members (excludes halogenated alkanes) is 1. The molecule has 1 aromatic rings. The van der Waals surface area contributed by atoms with Crippen LogP contribution in [0.4, 0.5) is 5.69 Å². The molecule has 0 unspecified atom stereocenters. The molecule has 0 saturated heterocycles. The molecule has 1 aromatic carbocycles. The van der Waals surface area contributed by atoms with Crippen molar-refractivity contribution in [2.45, 2.75) is 45.4 Å². The zero-order chi connectivity index (χ0) is 16.3.